The molecule has 134 valence electrons. The van der Waals surface area contributed by atoms with E-state index in [1.807, 2.05) is 0 Å². The molecule has 2 nitrogen and oxygen atoms in total. The number of fused-ring (bicyclic) bond motifs is 1. The van der Waals surface area contributed by atoms with Gasteiger partial charge in [0.05, 0.1) is 6.10 Å². The maximum atomic E-state index is 9.92. The Morgan fingerprint density at radius 3 is 2.79 bits per heavy atom. The summed E-state index contributed by atoms with van der Waals surface area (Å²) in [7, 11) is 0. The summed E-state index contributed by atoms with van der Waals surface area (Å²) in [5.74, 6) is 1.73. The second-order valence-corrected chi connectivity index (χ2v) is 8.69. The number of aliphatic hydroxyl groups is 2. The largest absolute Gasteiger partial charge is 0.396 e. The van der Waals surface area contributed by atoms with Crippen molar-refractivity contribution < 1.29 is 10.2 Å². The first-order chi connectivity index (χ1) is 11.5. The topological polar surface area (TPSA) is 40.5 Å². The molecule has 0 heterocycles. The van der Waals surface area contributed by atoms with Crippen LogP contribution in [-0.2, 0) is 0 Å². The van der Waals surface area contributed by atoms with E-state index < -0.39 is 0 Å². The SMILES string of the molecule is C=C1CC[C@H](O)C/C1=C/C=C1\CCC[C@]2(C)[C@@H]([C@H](C)CO)CC[C@@H]12. The smallest absolute Gasteiger partial charge is 0.0583 e. The third-order valence-electron chi connectivity index (χ3n) is 7.20. The van der Waals surface area contributed by atoms with Crippen molar-refractivity contribution in [1.82, 2.24) is 0 Å². The van der Waals surface area contributed by atoms with Crippen molar-refractivity contribution in [2.24, 2.45) is 23.2 Å². The molecule has 3 rings (SSSR count). The van der Waals surface area contributed by atoms with Gasteiger partial charge in [0.25, 0.3) is 0 Å². The Morgan fingerprint density at radius 1 is 1.25 bits per heavy atom. The molecule has 2 heteroatoms. The Labute approximate surface area is 147 Å². The van der Waals surface area contributed by atoms with Crippen molar-refractivity contribution in [3.8, 4) is 0 Å². The quantitative estimate of drug-likeness (QED) is 0.781. The molecule has 5 atom stereocenters. The van der Waals surface area contributed by atoms with Crippen LogP contribution in [0, 0.1) is 23.2 Å². The minimum Gasteiger partial charge on any atom is -0.396 e. The van der Waals surface area contributed by atoms with Gasteiger partial charge in [-0.1, -0.05) is 43.7 Å². The maximum absolute atomic E-state index is 9.92. The molecule has 0 aromatic heterocycles. The summed E-state index contributed by atoms with van der Waals surface area (Å²) >= 11 is 0. The van der Waals surface area contributed by atoms with Gasteiger partial charge in [-0.3, -0.25) is 0 Å². The van der Waals surface area contributed by atoms with E-state index in [9.17, 15) is 10.2 Å². The van der Waals surface area contributed by atoms with Gasteiger partial charge >= 0.3 is 0 Å². The molecule has 24 heavy (non-hydrogen) atoms. The van der Waals surface area contributed by atoms with Gasteiger partial charge in [-0.25, -0.2) is 0 Å². The van der Waals surface area contributed by atoms with Gasteiger partial charge < -0.3 is 10.2 Å². The lowest BCUT2D eigenvalue weighted by atomic mass is 9.61. The van der Waals surface area contributed by atoms with E-state index in [4.69, 9.17) is 0 Å². The first-order valence-corrected chi connectivity index (χ1v) is 9.82. The van der Waals surface area contributed by atoms with E-state index in [0.717, 1.165) is 19.3 Å². The molecule has 0 spiro atoms. The molecule has 2 N–H and O–H groups in total. The summed E-state index contributed by atoms with van der Waals surface area (Å²) in [6.45, 7) is 9.17. The summed E-state index contributed by atoms with van der Waals surface area (Å²) in [6.07, 6.45) is 13.2. The maximum Gasteiger partial charge on any atom is 0.0583 e. The Bertz CT molecular complexity index is 544. The predicted octanol–water partition coefficient (Wildman–Crippen LogP) is 4.79. The van der Waals surface area contributed by atoms with Crippen LogP contribution in [0.2, 0.25) is 0 Å². The summed E-state index contributed by atoms with van der Waals surface area (Å²) in [6, 6.07) is 0. The van der Waals surface area contributed by atoms with Gasteiger partial charge in [0.15, 0.2) is 0 Å². The highest BCUT2D eigenvalue weighted by molar-refractivity contribution is 5.36. The van der Waals surface area contributed by atoms with Gasteiger partial charge in [0.2, 0.25) is 0 Å². The monoisotopic (exact) mass is 330 g/mol. The van der Waals surface area contributed by atoms with Gasteiger partial charge in [-0.2, -0.15) is 0 Å². The molecule has 0 aromatic carbocycles. The van der Waals surface area contributed by atoms with Crippen LogP contribution in [0.5, 0.6) is 0 Å². The van der Waals surface area contributed by atoms with Crippen LogP contribution in [-0.4, -0.2) is 22.9 Å². The van der Waals surface area contributed by atoms with E-state index >= 15 is 0 Å². The zero-order valence-corrected chi connectivity index (χ0v) is 15.4. The standard InChI is InChI=1S/C22H34O2/c1-15-6-9-19(24)13-18(15)8-7-17-5-4-12-22(3)20(16(2)14-23)10-11-21(17)22/h7-8,16,19-21,23-24H,1,4-6,9-14H2,2-3H3/b17-7+,18-8-/t16-,19+,20-,21+,22-/m1/s1. The van der Waals surface area contributed by atoms with Crippen LogP contribution in [0.25, 0.3) is 0 Å². The fourth-order valence-corrected chi connectivity index (χ4v) is 5.74. The Kier molecular flexibility index (Phi) is 5.36. The molecule has 3 aliphatic carbocycles. The molecule has 0 unspecified atom stereocenters. The van der Waals surface area contributed by atoms with Gasteiger partial charge in [0.1, 0.15) is 0 Å². The Hall–Kier alpha value is -0.860. The number of rotatable bonds is 3. The van der Waals surface area contributed by atoms with Crippen LogP contribution in [0.4, 0.5) is 0 Å². The Morgan fingerprint density at radius 2 is 2.04 bits per heavy atom. The van der Waals surface area contributed by atoms with Crippen LogP contribution in [0.15, 0.2) is 35.5 Å². The lowest BCUT2D eigenvalue weighted by molar-refractivity contribution is 0.0690. The van der Waals surface area contributed by atoms with Gasteiger partial charge in [-0.05, 0) is 80.1 Å². The predicted molar refractivity (Wildman–Crippen MR) is 99.6 cm³/mol. The van der Waals surface area contributed by atoms with Crippen LogP contribution < -0.4 is 0 Å². The zero-order chi connectivity index (χ0) is 17.3. The van der Waals surface area contributed by atoms with Crippen molar-refractivity contribution in [1.29, 1.82) is 0 Å². The van der Waals surface area contributed by atoms with Crippen LogP contribution >= 0.6 is 0 Å². The third-order valence-corrected chi connectivity index (χ3v) is 7.20. The average molecular weight is 331 g/mol. The second kappa shape index (κ2) is 7.17. The van der Waals surface area contributed by atoms with Crippen LogP contribution in [0.3, 0.4) is 0 Å². The van der Waals surface area contributed by atoms with Gasteiger partial charge in [-0.15, -0.1) is 0 Å². The number of hydrogen-bond donors (Lipinski definition) is 2. The normalized spacial score (nSPS) is 41.7. The molecular weight excluding hydrogens is 296 g/mol. The van der Waals surface area contributed by atoms with E-state index in [1.54, 1.807) is 5.57 Å². The van der Waals surface area contributed by atoms with E-state index in [-0.39, 0.29) is 6.10 Å². The fourth-order valence-electron chi connectivity index (χ4n) is 5.74. The number of aliphatic hydroxyl groups excluding tert-OH is 2. The van der Waals surface area contributed by atoms with E-state index in [0.29, 0.717) is 29.8 Å². The first-order valence-electron chi connectivity index (χ1n) is 9.82. The third kappa shape index (κ3) is 3.28. The highest BCUT2D eigenvalue weighted by atomic mass is 16.3. The fraction of sp³-hybridized carbons (Fsp3) is 0.727. The highest BCUT2D eigenvalue weighted by Gasteiger charge is 2.50. The van der Waals surface area contributed by atoms with Crippen LogP contribution in [0.1, 0.15) is 65.2 Å². The Balaban J connectivity index is 1.81. The van der Waals surface area contributed by atoms with Crippen molar-refractivity contribution in [2.45, 2.75) is 71.3 Å². The average Bonchev–Trinajstić information content (AvgIpc) is 2.92. The lowest BCUT2D eigenvalue weighted by Gasteiger charge is -2.44. The number of hydrogen-bond acceptors (Lipinski definition) is 2. The molecule has 3 fully saturated rings. The molecule has 3 aliphatic rings. The zero-order valence-electron chi connectivity index (χ0n) is 15.4. The summed E-state index contributed by atoms with van der Waals surface area (Å²) in [4.78, 5) is 0. The molecule has 0 bridgehead atoms. The first kappa shape index (κ1) is 17.9. The summed E-state index contributed by atoms with van der Waals surface area (Å²) < 4.78 is 0. The van der Waals surface area contributed by atoms with Gasteiger partial charge in [0, 0.05) is 6.61 Å². The van der Waals surface area contributed by atoms with E-state index in [1.165, 1.54) is 43.3 Å². The van der Waals surface area contributed by atoms with Crippen molar-refractivity contribution in [2.75, 3.05) is 6.61 Å². The molecule has 3 saturated carbocycles. The molecule has 0 amide bonds. The molecule has 0 aromatic rings. The van der Waals surface area contributed by atoms with E-state index in [2.05, 4.69) is 32.6 Å². The summed E-state index contributed by atoms with van der Waals surface area (Å²) in [5.41, 5.74) is 4.39. The number of allylic oxidation sites excluding steroid dienone is 4. The molecule has 0 radical (unpaired) electrons. The van der Waals surface area contributed by atoms with Crippen molar-refractivity contribution in [3.63, 3.8) is 0 Å². The molecule has 0 saturated heterocycles. The summed E-state index contributed by atoms with van der Waals surface area (Å²) in [5, 5.41) is 19.6. The van der Waals surface area contributed by atoms with Crippen molar-refractivity contribution >= 4 is 0 Å². The lowest BCUT2D eigenvalue weighted by Crippen LogP contribution is -2.36. The van der Waals surface area contributed by atoms with Crippen molar-refractivity contribution in [3.05, 3.63) is 35.5 Å². The minimum absolute atomic E-state index is 0.196. The minimum atomic E-state index is -0.196. The molecule has 0 aliphatic heterocycles. The second-order valence-electron chi connectivity index (χ2n) is 8.69. The highest BCUT2D eigenvalue weighted by Crippen LogP contribution is 2.59. The molecular formula is C22H34O2.